The number of rotatable bonds is 10. The van der Waals surface area contributed by atoms with Gasteiger partial charge in [-0.15, -0.1) is 0 Å². The Kier molecular flexibility index (Phi) is 9.56. The van der Waals surface area contributed by atoms with Crippen molar-refractivity contribution >= 4 is 5.69 Å². The highest BCUT2D eigenvalue weighted by Gasteiger charge is 2.24. The molecule has 3 rings (SSSR count). The zero-order chi connectivity index (χ0) is 24.7. The lowest BCUT2D eigenvalue weighted by Gasteiger charge is -2.42. The highest BCUT2D eigenvalue weighted by molar-refractivity contribution is 5.48. The molecule has 34 heavy (non-hydrogen) atoms. The molecule has 4 heteroatoms. The summed E-state index contributed by atoms with van der Waals surface area (Å²) in [6.45, 7) is 16.9. The zero-order valence-corrected chi connectivity index (χ0v) is 22.2. The maximum Gasteiger partial charge on any atom is 0.0994 e. The van der Waals surface area contributed by atoms with Crippen molar-refractivity contribution < 1.29 is 0 Å². The molecule has 1 fully saturated rings. The Hall–Kier alpha value is -2.35. The lowest BCUT2D eigenvalue weighted by Crippen LogP contribution is -2.54. The molecule has 0 spiro atoms. The van der Waals surface area contributed by atoms with Crippen molar-refractivity contribution in [2.75, 3.05) is 44.7 Å². The molecule has 0 aromatic heterocycles. The molecule has 2 aromatic rings. The summed E-state index contributed by atoms with van der Waals surface area (Å²) in [5, 5.41) is 9.20. The standard InChI is InChI=1S/C30H44N4/c1-7-26(28-10-11-29(22-31)24(4)21-28)9-8-16-33-17-19-34(20-18-33)25(5)32(6)30-14-12-27(13-15-30)23(2)3/h10-15,21,23,25-26H,7-9,16-20H2,1-6H3. The van der Waals surface area contributed by atoms with Crippen LogP contribution >= 0.6 is 0 Å². The summed E-state index contributed by atoms with van der Waals surface area (Å²) in [6, 6.07) is 17.7. The molecule has 0 N–H and O–H groups in total. The summed E-state index contributed by atoms with van der Waals surface area (Å²) in [5.74, 6) is 1.16. The third-order valence-corrected chi connectivity index (χ3v) is 7.82. The summed E-state index contributed by atoms with van der Waals surface area (Å²) >= 11 is 0. The van der Waals surface area contributed by atoms with Gasteiger partial charge >= 0.3 is 0 Å². The number of hydrogen-bond donors (Lipinski definition) is 0. The fourth-order valence-corrected chi connectivity index (χ4v) is 5.15. The molecule has 4 nitrogen and oxygen atoms in total. The van der Waals surface area contributed by atoms with Crippen LogP contribution in [0, 0.1) is 18.3 Å². The zero-order valence-electron chi connectivity index (χ0n) is 22.2. The van der Waals surface area contributed by atoms with Crippen LogP contribution in [0.5, 0.6) is 0 Å². The van der Waals surface area contributed by atoms with Crippen LogP contribution in [0.2, 0.25) is 0 Å². The van der Waals surface area contributed by atoms with Gasteiger partial charge in [-0.05, 0) is 86.4 Å². The van der Waals surface area contributed by atoms with Crippen molar-refractivity contribution in [1.82, 2.24) is 9.80 Å². The van der Waals surface area contributed by atoms with Crippen LogP contribution in [-0.2, 0) is 0 Å². The van der Waals surface area contributed by atoms with Crippen LogP contribution in [-0.4, -0.2) is 55.7 Å². The third-order valence-electron chi connectivity index (χ3n) is 7.82. The van der Waals surface area contributed by atoms with E-state index in [-0.39, 0.29) is 0 Å². The van der Waals surface area contributed by atoms with Crippen molar-refractivity contribution in [3.8, 4) is 6.07 Å². The highest BCUT2D eigenvalue weighted by Crippen LogP contribution is 2.27. The Bertz CT molecular complexity index is 935. The van der Waals surface area contributed by atoms with Gasteiger partial charge in [-0.1, -0.05) is 45.0 Å². The van der Waals surface area contributed by atoms with Gasteiger partial charge in [0.05, 0.1) is 17.8 Å². The molecule has 1 aliphatic rings. The van der Waals surface area contributed by atoms with Crippen LogP contribution in [0.4, 0.5) is 5.69 Å². The maximum absolute atomic E-state index is 9.20. The van der Waals surface area contributed by atoms with Crippen molar-refractivity contribution in [2.24, 2.45) is 0 Å². The summed E-state index contributed by atoms with van der Waals surface area (Å²) in [6.07, 6.45) is 4.00. The van der Waals surface area contributed by atoms with Crippen molar-refractivity contribution in [2.45, 2.75) is 71.9 Å². The molecule has 1 saturated heterocycles. The van der Waals surface area contributed by atoms with E-state index in [0.717, 1.165) is 43.7 Å². The van der Waals surface area contributed by atoms with Crippen LogP contribution in [0.15, 0.2) is 42.5 Å². The second kappa shape index (κ2) is 12.4. The van der Waals surface area contributed by atoms with Crippen molar-refractivity contribution in [3.63, 3.8) is 0 Å². The fraction of sp³-hybridized carbons (Fsp3) is 0.567. The molecular weight excluding hydrogens is 416 g/mol. The van der Waals surface area contributed by atoms with E-state index in [1.165, 1.54) is 36.2 Å². The maximum atomic E-state index is 9.20. The molecular formula is C30H44N4. The van der Waals surface area contributed by atoms with Crippen LogP contribution < -0.4 is 4.90 Å². The Morgan fingerprint density at radius 2 is 1.62 bits per heavy atom. The van der Waals surface area contributed by atoms with Gasteiger partial charge in [-0.25, -0.2) is 0 Å². The second-order valence-electron chi connectivity index (χ2n) is 10.3. The minimum absolute atomic E-state index is 0.399. The predicted molar refractivity (Wildman–Crippen MR) is 145 cm³/mol. The lowest BCUT2D eigenvalue weighted by molar-refractivity contribution is 0.101. The normalized spacial score (nSPS) is 16.9. The van der Waals surface area contributed by atoms with Crippen molar-refractivity contribution in [3.05, 3.63) is 64.7 Å². The Morgan fingerprint density at radius 3 is 2.18 bits per heavy atom. The van der Waals surface area contributed by atoms with Gasteiger partial charge < -0.3 is 9.80 Å². The molecule has 2 aromatic carbocycles. The molecule has 1 aliphatic heterocycles. The number of nitrogens with zero attached hydrogens (tertiary/aromatic N) is 4. The second-order valence-corrected chi connectivity index (χ2v) is 10.3. The number of anilines is 1. The highest BCUT2D eigenvalue weighted by atomic mass is 15.4. The molecule has 184 valence electrons. The Morgan fingerprint density at radius 1 is 0.971 bits per heavy atom. The smallest absolute Gasteiger partial charge is 0.0994 e. The largest absolute Gasteiger partial charge is 0.359 e. The van der Waals surface area contributed by atoms with Crippen LogP contribution in [0.3, 0.4) is 0 Å². The minimum Gasteiger partial charge on any atom is -0.359 e. The number of piperazine rings is 1. The molecule has 2 atom stereocenters. The first kappa shape index (κ1) is 26.3. The molecule has 2 unspecified atom stereocenters. The van der Waals surface area contributed by atoms with Gasteiger partial charge in [-0.2, -0.15) is 5.26 Å². The summed E-state index contributed by atoms with van der Waals surface area (Å²) < 4.78 is 0. The van der Waals surface area contributed by atoms with E-state index in [9.17, 15) is 5.26 Å². The molecule has 1 heterocycles. The molecule has 0 amide bonds. The number of hydrogen-bond acceptors (Lipinski definition) is 4. The summed E-state index contributed by atoms with van der Waals surface area (Å²) in [7, 11) is 2.22. The fourth-order valence-electron chi connectivity index (χ4n) is 5.15. The van der Waals surface area contributed by atoms with Gasteiger partial charge in [0.15, 0.2) is 0 Å². The number of benzene rings is 2. The van der Waals surface area contributed by atoms with E-state index in [4.69, 9.17) is 0 Å². The van der Waals surface area contributed by atoms with E-state index >= 15 is 0 Å². The quantitative estimate of drug-likeness (QED) is 0.413. The molecule has 0 bridgehead atoms. The first-order valence-electron chi connectivity index (χ1n) is 13.1. The first-order valence-corrected chi connectivity index (χ1v) is 13.1. The summed E-state index contributed by atoms with van der Waals surface area (Å²) in [5.41, 5.74) is 5.98. The molecule has 0 saturated carbocycles. The van der Waals surface area contributed by atoms with Gasteiger partial charge in [0.2, 0.25) is 0 Å². The average Bonchev–Trinajstić information content (AvgIpc) is 2.86. The topological polar surface area (TPSA) is 33.5 Å². The van der Waals surface area contributed by atoms with E-state index < -0.39 is 0 Å². The van der Waals surface area contributed by atoms with Crippen LogP contribution in [0.25, 0.3) is 0 Å². The monoisotopic (exact) mass is 460 g/mol. The van der Waals surface area contributed by atoms with Gasteiger partial charge in [-0.3, -0.25) is 4.90 Å². The van der Waals surface area contributed by atoms with E-state index in [0.29, 0.717) is 18.0 Å². The van der Waals surface area contributed by atoms with E-state index in [2.05, 4.69) is 91.9 Å². The minimum atomic E-state index is 0.399. The van der Waals surface area contributed by atoms with Gasteiger partial charge in [0.1, 0.15) is 0 Å². The van der Waals surface area contributed by atoms with E-state index in [1.807, 2.05) is 13.0 Å². The Labute approximate surface area is 208 Å². The first-order chi connectivity index (χ1) is 16.3. The van der Waals surface area contributed by atoms with Crippen molar-refractivity contribution in [1.29, 1.82) is 5.26 Å². The SMILES string of the molecule is CCC(CCCN1CCN(C(C)N(C)c2ccc(C(C)C)cc2)CC1)c1ccc(C#N)c(C)c1. The predicted octanol–water partition coefficient (Wildman–Crippen LogP) is 6.36. The molecule has 0 aliphatic carbocycles. The third kappa shape index (κ3) is 6.62. The number of nitriles is 1. The van der Waals surface area contributed by atoms with Crippen LogP contribution in [0.1, 0.15) is 81.0 Å². The number of aryl methyl sites for hydroxylation is 1. The molecule has 0 radical (unpaired) electrons. The van der Waals surface area contributed by atoms with Gasteiger partial charge in [0, 0.05) is 38.9 Å². The lowest BCUT2D eigenvalue weighted by atomic mass is 9.90. The Balaban J connectivity index is 1.44. The van der Waals surface area contributed by atoms with Gasteiger partial charge in [0.25, 0.3) is 0 Å². The average molecular weight is 461 g/mol. The summed E-state index contributed by atoms with van der Waals surface area (Å²) in [4.78, 5) is 7.66. The van der Waals surface area contributed by atoms with E-state index in [1.54, 1.807) is 0 Å².